The normalized spacial score (nSPS) is 18.1. The Bertz CT molecular complexity index is 665. The van der Waals surface area contributed by atoms with Gasteiger partial charge in [0.25, 0.3) is 0 Å². The summed E-state index contributed by atoms with van der Waals surface area (Å²) in [6, 6.07) is 15.9. The molecule has 1 aliphatic rings. The first kappa shape index (κ1) is 15.7. The number of para-hydroxylation sites is 1. The van der Waals surface area contributed by atoms with Crippen molar-refractivity contribution in [1.82, 2.24) is 4.90 Å². The van der Waals surface area contributed by atoms with Crippen LogP contribution < -0.4 is 5.32 Å². The number of ether oxygens (including phenoxy) is 1. The topological polar surface area (TPSA) is 41.6 Å². The van der Waals surface area contributed by atoms with E-state index in [-0.39, 0.29) is 11.9 Å². The van der Waals surface area contributed by atoms with E-state index in [2.05, 4.69) is 22.3 Å². The van der Waals surface area contributed by atoms with Gasteiger partial charge in [0, 0.05) is 12.2 Å². The maximum atomic E-state index is 12.7. The lowest BCUT2D eigenvalue weighted by Crippen LogP contribution is -2.41. The SMILES string of the molecule is Cc1cccc(C)c1NC(=O)[C@H]1COCN1Cc1ccccc1. The molecule has 2 aromatic carbocycles. The second kappa shape index (κ2) is 6.94. The molecule has 1 fully saturated rings. The maximum absolute atomic E-state index is 12.7. The van der Waals surface area contributed by atoms with Gasteiger partial charge in [-0.25, -0.2) is 0 Å². The van der Waals surface area contributed by atoms with Gasteiger partial charge in [-0.2, -0.15) is 0 Å². The molecule has 23 heavy (non-hydrogen) atoms. The van der Waals surface area contributed by atoms with Gasteiger partial charge in [0.2, 0.25) is 5.91 Å². The summed E-state index contributed by atoms with van der Waals surface area (Å²) in [6.07, 6.45) is 0. The monoisotopic (exact) mass is 310 g/mol. The lowest BCUT2D eigenvalue weighted by Gasteiger charge is -2.22. The number of carbonyl (C=O) groups excluding carboxylic acids is 1. The quantitative estimate of drug-likeness (QED) is 0.943. The first-order valence-electron chi connectivity index (χ1n) is 7.88. The maximum Gasteiger partial charge on any atom is 0.244 e. The number of aryl methyl sites for hydroxylation is 2. The van der Waals surface area contributed by atoms with Gasteiger partial charge in [0.1, 0.15) is 12.8 Å². The van der Waals surface area contributed by atoms with Crippen LogP contribution in [0.1, 0.15) is 16.7 Å². The predicted octanol–water partition coefficient (Wildman–Crippen LogP) is 3.10. The fraction of sp³-hybridized carbons (Fsp3) is 0.316. The third kappa shape index (κ3) is 3.60. The van der Waals surface area contributed by atoms with Gasteiger partial charge >= 0.3 is 0 Å². The number of rotatable bonds is 4. The van der Waals surface area contributed by atoms with Crippen LogP contribution in [0.4, 0.5) is 5.69 Å². The van der Waals surface area contributed by atoms with Gasteiger partial charge in [0.15, 0.2) is 0 Å². The summed E-state index contributed by atoms with van der Waals surface area (Å²) < 4.78 is 5.53. The van der Waals surface area contributed by atoms with Crippen LogP contribution >= 0.6 is 0 Å². The van der Waals surface area contributed by atoms with Gasteiger partial charge in [-0.05, 0) is 30.5 Å². The van der Waals surface area contributed by atoms with Crippen molar-refractivity contribution in [3.8, 4) is 0 Å². The fourth-order valence-corrected chi connectivity index (χ4v) is 2.91. The molecule has 0 spiro atoms. The van der Waals surface area contributed by atoms with Crippen LogP contribution in [0.15, 0.2) is 48.5 Å². The highest BCUT2D eigenvalue weighted by Gasteiger charge is 2.31. The van der Waals surface area contributed by atoms with Crippen molar-refractivity contribution in [3.05, 3.63) is 65.2 Å². The molecule has 120 valence electrons. The lowest BCUT2D eigenvalue weighted by atomic mass is 10.1. The standard InChI is InChI=1S/C19H22N2O2/c1-14-7-6-8-15(2)18(14)20-19(22)17-12-23-13-21(17)11-16-9-4-3-5-10-16/h3-10,17H,11-13H2,1-2H3,(H,20,22)/t17-/m1/s1. The smallest absolute Gasteiger partial charge is 0.244 e. The molecule has 0 unspecified atom stereocenters. The molecule has 2 aromatic rings. The molecule has 3 rings (SSSR count). The summed E-state index contributed by atoms with van der Waals surface area (Å²) in [7, 11) is 0. The third-order valence-electron chi connectivity index (χ3n) is 4.23. The number of carbonyl (C=O) groups is 1. The van der Waals surface area contributed by atoms with Crippen LogP contribution in [0, 0.1) is 13.8 Å². The molecular formula is C19H22N2O2. The predicted molar refractivity (Wildman–Crippen MR) is 91.1 cm³/mol. The van der Waals surface area contributed by atoms with E-state index in [1.54, 1.807) is 0 Å². The first-order chi connectivity index (χ1) is 11.1. The second-order valence-electron chi connectivity index (χ2n) is 6.00. The lowest BCUT2D eigenvalue weighted by molar-refractivity contribution is -0.120. The van der Waals surface area contributed by atoms with E-state index in [0.29, 0.717) is 19.9 Å². The molecule has 4 nitrogen and oxygen atoms in total. The number of amides is 1. The van der Waals surface area contributed by atoms with E-state index in [0.717, 1.165) is 16.8 Å². The zero-order chi connectivity index (χ0) is 16.2. The van der Waals surface area contributed by atoms with Gasteiger partial charge in [0.05, 0.1) is 6.61 Å². The molecule has 1 atom stereocenters. The van der Waals surface area contributed by atoms with Crippen LogP contribution in [0.25, 0.3) is 0 Å². The number of hydrogen-bond donors (Lipinski definition) is 1. The van der Waals surface area contributed by atoms with Gasteiger partial charge in [-0.3, -0.25) is 9.69 Å². The third-order valence-corrected chi connectivity index (χ3v) is 4.23. The Morgan fingerprint density at radius 3 is 2.52 bits per heavy atom. The van der Waals surface area contributed by atoms with Crippen molar-refractivity contribution in [2.45, 2.75) is 26.4 Å². The fourth-order valence-electron chi connectivity index (χ4n) is 2.91. The summed E-state index contributed by atoms with van der Waals surface area (Å²) >= 11 is 0. The molecule has 4 heteroatoms. The first-order valence-corrected chi connectivity index (χ1v) is 7.88. The largest absolute Gasteiger partial charge is 0.364 e. The molecule has 1 amide bonds. The van der Waals surface area contributed by atoms with Gasteiger partial charge in [-0.1, -0.05) is 48.5 Å². The van der Waals surface area contributed by atoms with Crippen molar-refractivity contribution < 1.29 is 9.53 Å². The Kier molecular flexibility index (Phi) is 4.74. The summed E-state index contributed by atoms with van der Waals surface area (Å²) in [5, 5.41) is 3.08. The van der Waals surface area contributed by atoms with Crippen LogP contribution in [0.5, 0.6) is 0 Å². The van der Waals surface area contributed by atoms with E-state index in [4.69, 9.17) is 4.74 Å². The number of nitrogens with zero attached hydrogens (tertiary/aromatic N) is 1. The average molecular weight is 310 g/mol. The Hall–Kier alpha value is -2.17. The number of nitrogens with one attached hydrogen (secondary N) is 1. The molecule has 1 heterocycles. The van der Waals surface area contributed by atoms with Gasteiger partial charge < -0.3 is 10.1 Å². The summed E-state index contributed by atoms with van der Waals surface area (Å²) in [4.78, 5) is 14.8. The Labute approximate surface area is 137 Å². The van der Waals surface area contributed by atoms with Crippen LogP contribution in [0.3, 0.4) is 0 Å². The molecule has 0 bridgehead atoms. The minimum absolute atomic E-state index is 0.00386. The Balaban J connectivity index is 1.71. The highest BCUT2D eigenvalue weighted by Crippen LogP contribution is 2.21. The van der Waals surface area contributed by atoms with E-state index in [1.807, 2.05) is 50.2 Å². The minimum Gasteiger partial charge on any atom is -0.364 e. The second-order valence-corrected chi connectivity index (χ2v) is 6.00. The van der Waals surface area contributed by atoms with Crippen molar-refractivity contribution in [3.63, 3.8) is 0 Å². The minimum atomic E-state index is -0.255. The van der Waals surface area contributed by atoms with E-state index >= 15 is 0 Å². The van der Waals surface area contributed by atoms with Gasteiger partial charge in [-0.15, -0.1) is 0 Å². The van der Waals surface area contributed by atoms with E-state index in [9.17, 15) is 4.79 Å². The molecule has 1 N–H and O–H groups in total. The van der Waals surface area contributed by atoms with Crippen molar-refractivity contribution in [1.29, 1.82) is 0 Å². The molecule has 0 aromatic heterocycles. The highest BCUT2D eigenvalue weighted by molar-refractivity contribution is 5.96. The van der Waals surface area contributed by atoms with Crippen molar-refractivity contribution in [2.24, 2.45) is 0 Å². The van der Waals surface area contributed by atoms with Crippen molar-refractivity contribution in [2.75, 3.05) is 18.7 Å². The van der Waals surface area contributed by atoms with Crippen LogP contribution in [-0.2, 0) is 16.1 Å². The number of hydrogen-bond acceptors (Lipinski definition) is 3. The summed E-state index contributed by atoms with van der Waals surface area (Å²) in [5.41, 5.74) is 4.24. The molecule has 0 aliphatic carbocycles. The molecule has 1 saturated heterocycles. The number of benzene rings is 2. The zero-order valence-electron chi connectivity index (χ0n) is 13.6. The van der Waals surface area contributed by atoms with E-state index < -0.39 is 0 Å². The zero-order valence-corrected chi connectivity index (χ0v) is 13.6. The Morgan fingerprint density at radius 1 is 1.13 bits per heavy atom. The van der Waals surface area contributed by atoms with Crippen LogP contribution in [0.2, 0.25) is 0 Å². The van der Waals surface area contributed by atoms with E-state index in [1.165, 1.54) is 5.56 Å². The molecule has 1 aliphatic heterocycles. The molecular weight excluding hydrogens is 288 g/mol. The highest BCUT2D eigenvalue weighted by atomic mass is 16.5. The Morgan fingerprint density at radius 2 is 1.83 bits per heavy atom. The van der Waals surface area contributed by atoms with Crippen LogP contribution in [-0.4, -0.2) is 30.2 Å². The molecule has 0 saturated carbocycles. The van der Waals surface area contributed by atoms with Crippen molar-refractivity contribution >= 4 is 11.6 Å². The molecule has 0 radical (unpaired) electrons. The average Bonchev–Trinajstić information content (AvgIpc) is 3.00. The summed E-state index contributed by atoms with van der Waals surface area (Å²) in [5.74, 6) is -0.00386. The summed E-state index contributed by atoms with van der Waals surface area (Å²) in [6.45, 7) is 5.65. The number of anilines is 1.